The summed E-state index contributed by atoms with van der Waals surface area (Å²) < 4.78 is 31.0. The Kier molecular flexibility index (Phi) is 5.65. The summed E-state index contributed by atoms with van der Waals surface area (Å²) in [4.78, 5) is 0. The van der Waals surface area contributed by atoms with E-state index in [9.17, 15) is 8.76 Å². The number of ether oxygens (including phenoxy) is 2. The first-order valence-corrected chi connectivity index (χ1v) is 4.96. The van der Waals surface area contributed by atoms with Crippen molar-refractivity contribution in [3.8, 4) is 0 Å². The predicted molar refractivity (Wildman–Crippen MR) is 45.1 cm³/mol. The molecule has 0 spiro atoms. The Hall–Kier alpha value is 0.0300. The van der Waals surface area contributed by atoms with E-state index in [1.807, 2.05) is 0 Å². The van der Waals surface area contributed by atoms with Crippen molar-refractivity contribution >= 4 is 11.1 Å². The van der Waals surface area contributed by atoms with Crippen LogP contribution in [0, 0.1) is 0 Å². The lowest BCUT2D eigenvalue weighted by Gasteiger charge is -2.24. The molecule has 0 aliphatic heterocycles. The molecule has 0 heterocycles. The summed E-state index contributed by atoms with van der Waals surface area (Å²) in [6.07, 6.45) is -0.321. The van der Waals surface area contributed by atoms with E-state index < -0.39 is 16.7 Å². The van der Waals surface area contributed by atoms with Crippen LogP contribution in [0.15, 0.2) is 0 Å². The normalized spacial score (nSPS) is 14.7. The maximum atomic E-state index is 10.5. The van der Waals surface area contributed by atoms with Crippen molar-refractivity contribution in [2.45, 2.75) is 45.5 Å². The lowest BCUT2D eigenvalue weighted by Crippen LogP contribution is -2.28. The summed E-state index contributed by atoms with van der Waals surface area (Å²) >= 11 is -2.34. The topological polar surface area (TPSA) is 58.6 Å². The lowest BCUT2D eigenvalue weighted by molar-refractivity contribution is -0.132. The minimum atomic E-state index is -2.34. The summed E-state index contributed by atoms with van der Waals surface area (Å²) in [5, 5.41) is 0. The zero-order valence-electron chi connectivity index (χ0n) is 7.77. The van der Waals surface area contributed by atoms with Crippen LogP contribution in [-0.2, 0) is 20.6 Å². The molecule has 0 radical (unpaired) electrons. The molecule has 0 N–H and O–H groups in total. The molecule has 1 unspecified atom stereocenters. The summed E-state index contributed by atoms with van der Waals surface area (Å²) in [5.41, 5.74) is -1.15. The van der Waals surface area contributed by atoms with E-state index in [2.05, 4.69) is 0 Å². The molecule has 0 saturated heterocycles. The van der Waals surface area contributed by atoms with Crippen molar-refractivity contribution < 1.29 is 18.2 Å². The largest absolute Gasteiger partial charge is 0.769 e. The zero-order chi connectivity index (χ0) is 9.72. The van der Waals surface area contributed by atoms with Crippen molar-refractivity contribution in [3.05, 3.63) is 0 Å². The van der Waals surface area contributed by atoms with Gasteiger partial charge in [-0.3, -0.25) is 4.21 Å². The molecular formula is C7H15O4S-. The van der Waals surface area contributed by atoms with Gasteiger partial charge >= 0.3 is 0 Å². The molecule has 0 bridgehead atoms. The highest BCUT2D eigenvalue weighted by atomic mass is 32.2. The van der Waals surface area contributed by atoms with Gasteiger partial charge in [-0.15, -0.1) is 0 Å². The number of hydrogen-bond donors (Lipinski definition) is 0. The Balaban J connectivity index is 3.96. The molecule has 5 heteroatoms. The summed E-state index contributed by atoms with van der Waals surface area (Å²) in [6, 6.07) is 0. The quantitative estimate of drug-likeness (QED) is 0.485. The highest BCUT2D eigenvalue weighted by Gasteiger charge is 2.13. The summed E-state index contributed by atoms with van der Waals surface area (Å²) in [7, 11) is 0. The molecule has 0 saturated carbocycles. The first-order valence-electron chi connectivity index (χ1n) is 3.82. The van der Waals surface area contributed by atoms with E-state index in [1.54, 1.807) is 27.7 Å². The fourth-order valence-electron chi connectivity index (χ4n) is 0.567. The van der Waals surface area contributed by atoms with Gasteiger partial charge in [0, 0.05) is 11.1 Å². The Bertz CT molecular complexity index is 136. The number of hydrogen-bond acceptors (Lipinski definition) is 4. The van der Waals surface area contributed by atoms with Crippen molar-refractivity contribution in [2.75, 3.05) is 0 Å². The van der Waals surface area contributed by atoms with Gasteiger partial charge < -0.3 is 14.0 Å². The van der Waals surface area contributed by atoms with Crippen LogP contribution in [0.3, 0.4) is 0 Å². The molecule has 0 aromatic rings. The van der Waals surface area contributed by atoms with Crippen molar-refractivity contribution in [2.24, 2.45) is 0 Å². The van der Waals surface area contributed by atoms with E-state index in [4.69, 9.17) is 9.47 Å². The van der Waals surface area contributed by atoms with Crippen LogP contribution in [0.4, 0.5) is 0 Å². The minimum Gasteiger partial charge on any atom is -0.769 e. The van der Waals surface area contributed by atoms with E-state index in [-0.39, 0.29) is 12.2 Å². The Labute approximate surface area is 75.5 Å². The molecule has 0 aromatic carbocycles. The molecule has 0 amide bonds. The van der Waals surface area contributed by atoms with Crippen LogP contribution in [-0.4, -0.2) is 26.6 Å². The van der Waals surface area contributed by atoms with Crippen molar-refractivity contribution in [1.82, 2.24) is 0 Å². The van der Waals surface area contributed by atoms with Gasteiger partial charge in [0.1, 0.15) is 0 Å². The maximum absolute atomic E-state index is 10.5. The summed E-state index contributed by atoms with van der Waals surface area (Å²) in [5.74, 6) is 0. The monoisotopic (exact) mass is 195 g/mol. The van der Waals surface area contributed by atoms with Gasteiger partial charge in [0.25, 0.3) is 0 Å². The molecule has 0 aromatic heterocycles. The van der Waals surface area contributed by atoms with Gasteiger partial charge in [0.05, 0.1) is 12.2 Å². The van der Waals surface area contributed by atoms with Crippen LogP contribution in [0.25, 0.3) is 0 Å². The third-order valence-electron chi connectivity index (χ3n) is 0.924. The molecule has 0 fully saturated rings. The molecule has 12 heavy (non-hydrogen) atoms. The third-order valence-corrected chi connectivity index (χ3v) is 1.46. The lowest BCUT2D eigenvalue weighted by atomic mass is 10.5. The SMILES string of the molecule is CC(C)OC(OC(C)C)S(=O)[O-]. The van der Waals surface area contributed by atoms with Crippen molar-refractivity contribution in [1.29, 1.82) is 0 Å². The molecule has 1 atom stereocenters. The molecule has 0 aliphatic carbocycles. The van der Waals surface area contributed by atoms with Crippen LogP contribution in [0.5, 0.6) is 0 Å². The standard InChI is InChI=1S/C7H16O4S/c1-5(2)10-7(12(8)9)11-6(3)4/h5-7H,1-4H3,(H,8,9)/p-1. The molecular weight excluding hydrogens is 180 g/mol. The number of rotatable bonds is 5. The van der Waals surface area contributed by atoms with Gasteiger partial charge in [-0.25, -0.2) is 0 Å². The van der Waals surface area contributed by atoms with E-state index in [0.29, 0.717) is 0 Å². The van der Waals surface area contributed by atoms with Crippen LogP contribution in [0.1, 0.15) is 27.7 Å². The second-order valence-electron chi connectivity index (χ2n) is 2.92. The fourth-order valence-corrected chi connectivity index (χ4v) is 1.19. The third kappa shape index (κ3) is 5.65. The molecule has 0 aliphatic rings. The van der Waals surface area contributed by atoms with Gasteiger partial charge in [0.15, 0.2) is 0 Å². The fraction of sp³-hybridized carbons (Fsp3) is 1.00. The van der Waals surface area contributed by atoms with Gasteiger partial charge in [-0.1, -0.05) is 0 Å². The smallest absolute Gasteiger partial charge is 0.223 e. The summed E-state index contributed by atoms with van der Waals surface area (Å²) in [6.45, 7) is 7.01. The highest BCUT2D eigenvalue weighted by molar-refractivity contribution is 7.79. The second-order valence-corrected chi connectivity index (χ2v) is 3.82. The maximum Gasteiger partial charge on any atom is 0.223 e. The Morgan fingerprint density at radius 3 is 1.58 bits per heavy atom. The molecule has 4 nitrogen and oxygen atoms in total. The van der Waals surface area contributed by atoms with Crippen LogP contribution in [0.2, 0.25) is 0 Å². The van der Waals surface area contributed by atoms with Gasteiger partial charge in [0.2, 0.25) is 5.62 Å². The first kappa shape index (κ1) is 12.0. The molecule has 74 valence electrons. The first-order chi connectivity index (χ1) is 5.43. The Morgan fingerprint density at radius 1 is 1.08 bits per heavy atom. The zero-order valence-corrected chi connectivity index (χ0v) is 8.59. The van der Waals surface area contributed by atoms with Crippen LogP contribution >= 0.6 is 0 Å². The van der Waals surface area contributed by atoms with Crippen molar-refractivity contribution in [3.63, 3.8) is 0 Å². The average molecular weight is 195 g/mol. The van der Waals surface area contributed by atoms with E-state index in [0.717, 1.165) is 0 Å². The van der Waals surface area contributed by atoms with Crippen LogP contribution < -0.4 is 0 Å². The molecule has 0 rings (SSSR count). The van der Waals surface area contributed by atoms with E-state index in [1.165, 1.54) is 0 Å². The van der Waals surface area contributed by atoms with E-state index >= 15 is 0 Å². The predicted octanol–water partition coefficient (Wildman–Crippen LogP) is 0.999. The Morgan fingerprint density at radius 2 is 1.42 bits per heavy atom. The second kappa shape index (κ2) is 5.64. The van der Waals surface area contributed by atoms with Gasteiger partial charge in [-0.05, 0) is 27.7 Å². The minimum absolute atomic E-state index is 0.161. The average Bonchev–Trinajstić information content (AvgIpc) is 1.83. The highest BCUT2D eigenvalue weighted by Crippen LogP contribution is 2.06. The van der Waals surface area contributed by atoms with Gasteiger partial charge in [-0.2, -0.15) is 0 Å².